The molecule has 3 nitrogen and oxygen atoms in total. The minimum absolute atomic E-state index is 0.597. The van der Waals surface area contributed by atoms with Gasteiger partial charge in [0, 0.05) is 29.2 Å². The van der Waals surface area contributed by atoms with Crippen molar-refractivity contribution in [1.82, 2.24) is 15.1 Å². The van der Waals surface area contributed by atoms with Gasteiger partial charge in [0.25, 0.3) is 0 Å². The molecule has 1 aliphatic heterocycles. The molecule has 0 unspecified atom stereocenters. The van der Waals surface area contributed by atoms with Crippen LogP contribution in [0.15, 0.2) is 30.5 Å². The fourth-order valence-electron chi connectivity index (χ4n) is 2.88. The van der Waals surface area contributed by atoms with E-state index in [1.54, 1.807) is 0 Å². The Labute approximate surface area is 118 Å². The molecule has 2 heterocycles. The van der Waals surface area contributed by atoms with Gasteiger partial charge >= 0.3 is 0 Å². The standard InChI is InChI=1S/C15H18ClN3/c1-19-15(12-6-8-17-9-7-12)14(10-18-19)11-2-4-13(16)5-3-11/h2-5,10,12,17H,6-9H2,1H3. The predicted octanol–water partition coefficient (Wildman–Crippen LogP) is 3.21. The van der Waals surface area contributed by atoms with Crippen molar-refractivity contribution in [3.63, 3.8) is 0 Å². The summed E-state index contributed by atoms with van der Waals surface area (Å²) in [6.07, 6.45) is 4.33. The first-order chi connectivity index (χ1) is 9.25. The Hall–Kier alpha value is -1.32. The predicted molar refractivity (Wildman–Crippen MR) is 78.5 cm³/mol. The fraction of sp³-hybridized carbons (Fsp3) is 0.400. The first kappa shape index (κ1) is 12.7. The van der Waals surface area contributed by atoms with Gasteiger partial charge in [0.2, 0.25) is 0 Å². The van der Waals surface area contributed by atoms with Gasteiger partial charge in [0.15, 0.2) is 0 Å². The van der Waals surface area contributed by atoms with Crippen LogP contribution >= 0.6 is 11.6 Å². The maximum absolute atomic E-state index is 5.96. The van der Waals surface area contributed by atoms with E-state index >= 15 is 0 Å². The van der Waals surface area contributed by atoms with Crippen molar-refractivity contribution >= 4 is 11.6 Å². The quantitative estimate of drug-likeness (QED) is 0.912. The van der Waals surface area contributed by atoms with Crippen molar-refractivity contribution in [2.24, 2.45) is 7.05 Å². The SMILES string of the molecule is Cn1ncc(-c2ccc(Cl)cc2)c1C1CCNCC1. The maximum atomic E-state index is 5.96. The molecule has 2 aromatic rings. The van der Waals surface area contributed by atoms with E-state index in [1.807, 2.05) is 30.1 Å². The van der Waals surface area contributed by atoms with Crippen LogP contribution in [0, 0.1) is 0 Å². The summed E-state index contributed by atoms with van der Waals surface area (Å²) >= 11 is 5.96. The lowest BCUT2D eigenvalue weighted by molar-refractivity contribution is 0.440. The van der Waals surface area contributed by atoms with E-state index in [4.69, 9.17) is 11.6 Å². The summed E-state index contributed by atoms with van der Waals surface area (Å²) in [7, 11) is 2.04. The zero-order valence-corrected chi connectivity index (χ0v) is 11.8. The van der Waals surface area contributed by atoms with Crippen molar-refractivity contribution in [3.8, 4) is 11.1 Å². The van der Waals surface area contributed by atoms with E-state index in [2.05, 4.69) is 22.5 Å². The molecule has 0 atom stereocenters. The van der Waals surface area contributed by atoms with Gasteiger partial charge < -0.3 is 5.32 Å². The second-order valence-corrected chi connectivity index (χ2v) is 5.53. The molecule has 1 saturated heterocycles. The van der Waals surface area contributed by atoms with E-state index in [9.17, 15) is 0 Å². The van der Waals surface area contributed by atoms with Crippen LogP contribution < -0.4 is 5.32 Å². The molecule has 1 aromatic carbocycles. The summed E-state index contributed by atoms with van der Waals surface area (Å²) in [6.45, 7) is 2.19. The second-order valence-electron chi connectivity index (χ2n) is 5.10. The van der Waals surface area contributed by atoms with Crippen molar-refractivity contribution in [3.05, 3.63) is 41.2 Å². The Morgan fingerprint density at radius 2 is 1.89 bits per heavy atom. The number of piperidine rings is 1. The van der Waals surface area contributed by atoms with E-state index in [0.717, 1.165) is 18.1 Å². The number of hydrogen-bond acceptors (Lipinski definition) is 2. The third-order valence-corrected chi connectivity index (χ3v) is 4.12. The lowest BCUT2D eigenvalue weighted by Crippen LogP contribution is -2.27. The van der Waals surface area contributed by atoms with Gasteiger partial charge in [0.1, 0.15) is 0 Å². The molecular formula is C15H18ClN3. The number of nitrogens with zero attached hydrogens (tertiary/aromatic N) is 2. The Bertz CT molecular complexity index is 553. The van der Waals surface area contributed by atoms with E-state index < -0.39 is 0 Å². The first-order valence-corrected chi connectivity index (χ1v) is 7.12. The van der Waals surface area contributed by atoms with E-state index in [0.29, 0.717) is 5.92 Å². The molecule has 0 spiro atoms. The first-order valence-electron chi connectivity index (χ1n) is 6.74. The topological polar surface area (TPSA) is 29.9 Å². The Morgan fingerprint density at radius 1 is 1.21 bits per heavy atom. The molecule has 4 heteroatoms. The van der Waals surface area contributed by atoms with Gasteiger partial charge in [-0.25, -0.2) is 0 Å². The molecule has 0 amide bonds. The second kappa shape index (κ2) is 5.35. The Kier molecular flexibility index (Phi) is 3.58. The molecule has 0 radical (unpaired) electrons. The van der Waals surface area contributed by atoms with Crippen molar-refractivity contribution in [1.29, 1.82) is 0 Å². The minimum atomic E-state index is 0.597. The van der Waals surface area contributed by atoms with Gasteiger partial charge in [-0.3, -0.25) is 4.68 Å². The van der Waals surface area contributed by atoms with E-state index in [-0.39, 0.29) is 0 Å². The third-order valence-electron chi connectivity index (χ3n) is 3.87. The molecule has 0 aliphatic carbocycles. The number of hydrogen-bond donors (Lipinski definition) is 1. The summed E-state index contributed by atoms with van der Waals surface area (Å²) < 4.78 is 2.03. The zero-order chi connectivity index (χ0) is 13.2. The summed E-state index contributed by atoms with van der Waals surface area (Å²) in [6, 6.07) is 8.03. The smallest absolute Gasteiger partial charge is 0.0571 e. The van der Waals surface area contributed by atoms with Gasteiger partial charge in [0.05, 0.1) is 6.20 Å². The minimum Gasteiger partial charge on any atom is -0.317 e. The van der Waals surface area contributed by atoms with Crippen LogP contribution in [-0.4, -0.2) is 22.9 Å². The van der Waals surface area contributed by atoms with Gasteiger partial charge in [-0.05, 0) is 43.6 Å². The molecule has 100 valence electrons. The summed E-state index contributed by atoms with van der Waals surface area (Å²) in [5.41, 5.74) is 3.79. The average Bonchev–Trinajstić information content (AvgIpc) is 2.82. The number of benzene rings is 1. The maximum Gasteiger partial charge on any atom is 0.0571 e. The molecule has 19 heavy (non-hydrogen) atoms. The number of rotatable bonds is 2. The molecule has 1 fully saturated rings. The molecule has 0 saturated carbocycles. The summed E-state index contributed by atoms with van der Waals surface area (Å²) in [4.78, 5) is 0. The molecule has 1 aromatic heterocycles. The monoisotopic (exact) mass is 275 g/mol. The van der Waals surface area contributed by atoms with Crippen LogP contribution in [0.4, 0.5) is 0 Å². The lowest BCUT2D eigenvalue weighted by atomic mass is 9.90. The Morgan fingerprint density at radius 3 is 2.58 bits per heavy atom. The third kappa shape index (κ3) is 2.53. The van der Waals surface area contributed by atoms with Crippen LogP contribution in [0.1, 0.15) is 24.5 Å². The van der Waals surface area contributed by atoms with Crippen LogP contribution in [0.25, 0.3) is 11.1 Å². The van der Waals surface area contributed by atoms with Crippen LogP contribution in [0.2, 0.25) is 5.02 Å². The number of aryl methyl sites for hydroxylation is 1. The van der Waals surface area contributed by atoms with Crippen molar-refractivity contribution in [2.45, 2.75) is 18.8 Å². The zero-order valence-electron chi connectivity index (χ0n) is 11.1. The Balaban J connectivity index is 1.99. The average molecular weight is 276 g/mol. The van der Waals surface area contributed by atoms with Crippen molar-refractivity contribution < 1.29 is 0 Å². The lowest BCUT2D eigenvalue weighted by Gasteiger charge is -2.24. The highest BCUT2D eigenvalue weighted by Crippen LogP contribution is 2.33. The number of halogens is 1. The highest BCUT2D eigenvalue weighted by molar-refractivity contribution is 6.30. The molecule has 1 N–H and O–H groups in total. The molecule has 0 bridgehead atoms. The van der Waals surface area contributed by atoms with Crippen LogP contribution in [-0.2, 0) is 7.05 Å². The highest BCUT2D eigenvalue weighted by Gasteiger charge is 2.22. The summed E-state index contributed by atoms with van der Waals surface area (Å²) in [5.74, 6) is 0.597. The van der Waals surface area contributed by atoms with E-state index in [1.165, 1.54) is 29.7 Å². The number of nitrogens with one attached hydrogen (secondary N) is 1. The highest BCUT2D eigenvalue weighted by atomic mass is 35.5. The van der Waals surface area contributed by atoms with Gasteiger partial charge in [-0.1, -0.05) is 23.7 Å². The normalized spacial score (nSPS) is 16.7. The largest absolute Gasteiger partial charge is 0.317 e. The van der Waals surface area contributed by atoms with Gasteiger partial charge in [-0.15, -0.1) is 0 Å². The van der Waals surface area contributed by atoms with Crippen molar-refractivity contribution in [2.75, 3.05) is 13.1 Å². The van der Waals surface area contributed by atoms with Crippen LogP contribution in [0.5, 0.6) is 0 Å². The van der Waals surface area contributed by atoms with Crippen LogP contribution in [0.3, 0.4) is 0 Å². The molecule has 3 rings (SSSR count). The summed E-state index contributed by atoms with van der Waals surface area (Å²) in [5, 5.41) is 8.64. The fourth-order valence-corrected chi connectivity index (χ4v) is 3.00. The molecule has 1 aliphatic rings. The van der Waals surface area contributed by atoms with Gasteiger partial charge in [-0.2, -0.15) is 5.10 Å². The number of aromatic nitrogens is 2. The molecular weight excluding hydrogens is 258 g/mol.